The van der Waals surface area contributed by atoms with Gasteiger partial charge in [-0.3, -0.25) is 4.98 Å². The first-order chi connectivity index (χ1) is 15.2. The van der Waals surface area contributed by atoms with E-state index in [4.69, 9.17) is 9.40 Å². The molecule has 2 heterocycles. The number of hydrogen-bond acceptors (Lipinski definition) is 2. The summed E-state index contributed by atoms with van der Waals surface area (Å²) in [5.74, 6) is 0.275. The van der Waals surface area contributed by atoms with Crippen molar-refractivity contribution in [2.75, 3.05) is 0 Å². The molecule has 1 aliphatic carbocycles. The first-order valence-corrected chi connectivity index (χ1v) is 11.2. The zero-order valence-corrected chi connectivity index (χ0v) is 17.6. The maximum Gasteiger partial charge on any atom is 0.144 e. The number of furan rings is 1. The van der Waals surface area contributed by atoms with Crippen molar-refractivity contribution in [1.29, 1.82) is 0 Å². The van der Waals surface area contributed by atoms with E-state index >= 15 is 0 Å². The summed E-state index contributed by atoms with van der Waals surface area (Å²) in [7, 11) is 0. The van der Waals surface area contributed by atoms with E-state index < -0.39 is 0 Å². The van der Waals surface area contributed by atoms with Crippen LogP contribution in [0.25, 0.3) is 44.0 Å². The Labute approximate surface area is 180 Å². The zero-order chi connectivity index (χ0) is 20.9. The van der Waals surface area contributed by atoms with Gasteiger partial charge in [0.05, 0.1) is 5.69 Å². The van der Waals surface area contributed by atoms with E-state index in [9.17, 15) is 4.39 Å². The van der Waals surface area contributed by atoms with Gasteiger partial charge in [0, 0.05) is 27.9 Å². The molecule has 1 saturated carbocycles. The molecule has 0 amide bonds. The Morgan fingerprint density at radius 2 is 1.71 bits per heavy atom. The lowest BCUT2D eigenvalue weighted by atomic mass is 9.82. The summed E-state index contributed by atoms with van der Waals surface area (Å²) in [6.07, 6.45) is 8.22. The smallest absolute Gasteiger partial charge is 0.144 e. The van der Waals surface area contributed by atoms with Crippen LogP contribution in [0.4, 0.5) is 4.39 Å². The Morgan fingerprint density at radius 3 is 2.58 bits per heavy atom. The van der Waals surface area contributed by atoms with Crippen LogP contribution in [0.15, 0.2) is 65.2 Å². The van der Waals surface area contributed by atoms with E-state index in [2.05, 4.69) is 25.1 Å². The van der Waals surface area contributed by atoms with Crippen LogP contribution in [0.5, 0.6) is 0 Å². The number of aryl methyl sites for hydroxylation is 1. The molecular formula is C28H24FNO. The average molecular weight is 410 g/mol. The molecule has 0 atom stereocenters. The predicted molar refractivity (Wildman–Crippen MR) is 125 cm³/mol. The largest absolute Gasteiger partial charge is 0.455 e. The monoisotopic (exact) mass is 409 g/mol. The minimum Gasteiger partial charge on any atom is -0.455 e. The van der Waals surface area contributed by atoms with E-state index in [-0.39, 0.29) is 5.82 Å². The summed E-state index contributed by atoms with van der Waals surface area (Å²) in [6, 6.07) is 17.5. The molecular weight excluding hydrogens is 385 g/mol. The number of aromatic nitrogens is 1. The first-order valence-electron chi connectivity index (χ1n) is 11.2. The van der Waals surface area contributed by atoms with Crippen LogP contribution < -0.4 is 0 Å². The molecule has 5 aromatic rings. The van der Waals surface area contributed by atoms with Gasteiger partial charge in [-0.15, -0.1) is 0 Å². The van der Waals surface area contributed by atoms with Crippen molar-refractivity contribution in [1.82, 2.24) is 4.98 Å². The highest BCUT2D eigenvalue weighted by Gasteiger charge is 2.22. The van der Waals surface area contributed by atoms with Crippen LogP contribution in [0.2, 0.25) is 0 Å². The summed E-state index contributed by atoms with van der Waals surface area (Å²) >= 11 is 0. The van der Waals surface area contributed by atoms with E-state index in [0.29, 0.717) is 5.92 Å². The second kappa shape index (κ2) is 7.19. The first kappa shape index (κ1) is 18.6. The topological polar surface area (TPSA) is 26.0 Å². The number of rotatable bonds is 2. The average Bonchev–Trinajstić information content (AvgIpc) is 3.17. The van der Waals surface area contributed by atoms with Gasteiger partial charge in [0.2, 0.25) is 0 Å². The zero-order valence-electron chi connectivity index (χ0n) is 17.6. The molecule has 0 radical (unpaired) electrons. The maximum atomic E-state index is 14.4. The number of fused-ring (bicyclic) bond motifs is 4. The van der Waals surface area contributed by atoms with Crippen molar-refractivity contribution in [2.45, 2.75) is 44.9 Å². The van der Waals surface area contributed by atoms with Crippen molar-refractivity contribution in [3.63, 3.8) is 0 Å². The van der Waals surface area contributed by atoms with Crippen molar-refractivity contribution in [3.8, 4) is 11.3 Å². The van der Waals surface area contributed by atoms with Crippen molar-refractivity contribution in [2.24, 2.45) is 0 Å². The van der Waals surface area contributed by atoms with Crippen molar-refractivity contribution >= 4 is 32.7 Å². The maximum absolute atomic E-state index is 14.4. The number of halogens is 1. The fourth-order valence-corrected chi connectivity index (χ4v) is 5.34. The molecule has 0 bridgehead atoms. The third-order valence-electron chi connectivity index (χ3n) is 6.80. The van der Waals surface area contributed by atoms with Crippen LogP contribution >= 0.6 is 0 Å². The molecule has 1 fully saturated rings. The Hall–Kier alpha value is -3.20. The molecule has 6 rings (SSSR count). The normalized spacial score (nSPS) is 15.3. The Balaban J connectivity index is 1.65. The summed E-state index contributed by atoms with van der Waals surface area (Å²) in [4.78, 5) is 4.93. The fraction of sp³-hybridized carbons (Fsp3) is 0.250. The standard InChI is InChI=1S/C28H24FNO/c1-17-13-23-21-9-5-6-10-26(21)31-28(23)24(14-17)27-22-15-19(29)11-12-20(22)25(16-30-27)18-7-3-2-4-8-18/h5-6,9-16,18H,2-4,7-8H2,1H3. The highest BCUT2D eigenvalue weighted by Crippen LogP contribution is 2.42. The summed E-state index contributed by atoms with van der Waals surface area (Å²) < 4.78 is 20.7. The summed E-state index contributed by atoms with van der Waals surface area (Å²) in [5.41, 5.74) is 5.79. The van der Waals surface area contributed by atoms with Gasteiger partial charge in [-0.1, -0.05) is 43.5 Å². The second-order valence-electron chi connectivity index (χ2n) is 8.87. The van der Waals surface area contributed by atoms with Crippen LogP contribution in [-0.4, -0.2) is 4.98 Å². The van der Waals surface area contributed by atoms with Gasteiger partial charge >= 0.3 is 0 Å². The molecule has 31 heavy (non-hydrogen) atoms. The lowest BCUT2D eigenvalue weighted by molar-refractivity contribution is 0.445. The SMILES string of the molecule is Cc1cc(-c2ncc(C3CCCCC3)c3ccc(F)cc23)c2oc3ccccc3c2c1. The number of pyridine rings is 1. The quantitative estimate of drug-likeness (QED) is 0.293. The second-order valence-corrected chi connectivity index (χ2v) is 8.87. The number of para-hydroxylation sites is 1. The fourth-order valence-electron chi connectivity index (χ4n) is 5.34. The van der Waals surface area contributed by atoms with E-state index in [1.165, 1.54) is 37.7 Å². The molecule has 0 spiro atoms. The van der Waals surface area contributed by atoms with Crippen molar-refractivity contribution < 1.29 is 8.81 Å². The lowest BCUT2D eigenvalue weighted by Gasteiger charge is -2.23. The minimum absolute atomic E-state index is 0.232. The molecule has 0 aliphatic heterocycles. The Bertz CT molecular complexity index is 1440. The lowest BCUT2D eigenvalue weighted by Crippen LogP contribution is -2.06. The van der Waals surface area contributed by atoms with E-state index in [1.807, 2.05) is 30.5 Å². The van der Waals surface area contributed by atoms with Crippen molar-refractivity contribution in [3.05, 3.63) is 77.7 Å². The molecule has 3 heteroatoms. The molecule has 0 N–H and O–H groups in total. The number of hydrogen-bond donors (Lipinski definition) is 0. The predicted octanol–water partition coefficient (Wildman–Crippen LogP) is 8.30. The highest BCUT2D eigenvalue weighted by molar-refractivity contribution is 6.12. The van der Waals surface area contributed by atoms with Gasteiger partial charge in [0.15, 0.2) is 0 Å². The van der Waals surface area contributed by atoms with E-state index in [1.54, 1.807) is 12.1 Å². The van der Waals surface area contributed by atoms with Crippen LogP contribution in [0.1, 0.15) is 49.1 Å². The van der Waals surface area contributed by atoms with Gasteiger partial charge in [-0.2, -0.15) is 0 Å². The van der Waals surface area contributed by atoms with Gasteiger partial charge < -0.3 is 4.42 Å². The molecule has 2 nitrogen and oxygen atoms in total. The summed E-state index contributed by atoms with van der Waals surface area (Å²) in [6.45, 7) is 2.09. The van der Waals surface area contributed by atoms with Crippen LogP contribution in [-0.2, 0) is 0 Å². The third-order valence-corrected chi connectivity index (χ3v) is 6.80. The molecule has 2 aromatic heterocycles. The highest BCUT2D eigenvalue weighted by atomic mass is 19.1. The van der Waals surface area contributed by atoms with E-state index in [0.717, 1.165) is 49.5 Å². The van der Waals surface area contributed by atoms with Gasteiger partial charge in [0.1, 0.15) is 17.0 Å². The third kappa shape index (κ3) is 3.03. The number of benzene rings is 3. The van der Waals surface area contributed by atoms with Crippen LogP contribution in [0, 0.1) is 12.7 Å². The van der Waals surface area contributed by atoms with Gasteiger partial charge in [-0.05, 0) is 72.5 Å². The Kier molecular flexibility index (Phi) is 4.31. The molecule has 154 valence electrons. The molecule has 3 aromatic carbocycles. The summed E-state index contributed by atoms with van der Waals surface area (Å²) in [5, 5.41) is 4.16. The Morgan fingerprint density at radius 1 is 0.871 bits per heavy atom. The number of nitrogens with zero attached hydrogens (tertiary/aromatic N) is 1. The molecule has 0 saturated heterocycles. The van der Waals surface area contributed by atoms with Gasteiger partial charge in [0.25, 0.3) is 0 Å². The molecule has 0 unspecified atom stereocenters. The van der Waals surface area contributed by atoms with Crippen LogP contribution in [0.3, 0.4) is 0 Å². The minimum atomic E-state index is -0.232. The molecule has 1 aliphatic rings. The van der Waals surface area contributed by atoms with Gasteiger partial charge in [-0.25, -0.2) is 4.39 Å².